The van der Waals surface area contributed by atoms with Crippen LogP contribution in [0.3, 0.4) is 0 Å². The molecule has 31 heavy (non-hydrogen) atoms. The number of hydrogen-bond acceptors (Lipinski definition) is 4. The van der Waals surface area contributed by atoms with Crippen molar-refractivity contribution < 1.29 is 0 Å². The Bertz CT molecular complexity index is 1320. The van der Waals surface area contributed by atoms with E-state index in [1.807, 2.05) is 71.3 Å². The van der Waals surface area contributed by atoms with E-state index in [1.165, 1.54) is 5.56 Å². The number of rotatable bonds is 6. The average molecular weight is 426 g/mol. The first-order valence-corrected chi connectivity index (χ1v) is 10.4. The van der Waals surface area contributed by atoms with Gasteiger partial charge < -0.3 is 10.6 Å². The molecule has 0 saturated heterocycles. The number of anilines is 3. The third-order valence-corrected chi connectivity index (χ3v) is 5.21. The lowest BCUT2D eigenvalue weighted by Gasteiger charge is -2.10. The van der Waals surface area contributed by atoms with Gasteiger partial charge in [0.2, 0.25) is 0 Å². The fraction of sp³-hybridized carbons (Fsp3) is 0.0400. The third kappa shape index (κ3) is 4.09. The van der Waals surface area contributed by atoms with E-state index in [1.54, 1.807) is 6.20 Å². The normalized spacial score (nSPS) is 10.9. The standard InChI is InChI=1S/C25H20ClN5/c26-20-12-7-13-21(16-20)29-24-22(19-10-5-2-6-11-19)30-25-23(27-14-15-31(24)25)28-17-18-8-3-1-4-9-18/h1-16,29H,17H2,(H,27,28). The van der Waals surface area contributed by atoms with E-state index < -0.39 is 0 Å². The predicted molar refractivity (Wildman–Crippen MR) is 127 cm³/mol. The van der Waals surface area contributed by atoms with Crippen molar-refractivity contribution in [2.45, 2.75) is 6.54 Å². The maximum absolute atomic E-state index is 6.20. The molecule has 0 amide bonds. The Kier molecular flexibility index (Phi) is 5.25. The highest BCUT2D eigenvalue weighted by atomic mass is 35.5. The first-order valence-electron chi connectivity index (χ1n) is 10.0. The lowest BCUT2D eigenvalue weighted by Crippen LogP contribution is -2.04. The van der Waals surface area contributed by atoms with Crippen LogP contribution >= 0.6 is 11.6 Å². The summed E-state index contributed by atoms with van der Waals surface area (Å²) in [5.74, 6) is 1.58. The van der Waals surface area contributed by atoms with Crippen molar-refractivity contribution >= 4 is 34.6 Å². The highest BCUT2D eigenvalue weighted by molar-refractivity contribution is 6.30. The van der Waals surface area contributed by atoms with Crippen LogP contribution in [0.4, 0.5) is 17.3 Å². The fourth-order valence-corrected chi connectivity index (χ4v) is 3.69. The Morgan fingerprint density at radius 1 is 0.871 bits per heavy atom. The van der Waals surface area contributed by atoms with Crippen LogP contribution < -0.4 is 10.6 Å². The zero-order valence-corrected chi connectivity index (χ0v) is 17.4. The van der Waals surface area contributed by atoms with Gasteiger partial charge in [0, 0.05) is 35.2 Å². The summed E-state index contributed by atoms with van der Waals surface area (Å²) in [5.41, 5.74) is 4.68. The van der Waals surface area contributed by atoms with Crippen LogP contribution in [0, 0.1) is 0 Å². The van der Waals surface area contributed by atoms with E-state index >= 15 is 0 Å². The zero-order valence-electron chi connectivity index (χ0n) is 16.7. The van der Waals surface area contributed by atoms with Crippen LogP contribution in [0.25, 0.3) is 16.9 Å². The van der Waals surface area contributed by atoms with Crippen LogP contribution in [0.2, 0.25) is 5.02 Å². The molecule has 0 aliphatic carbocycles. The number of halogens is 1. The molecule has 2 N–H and O–H groups in total. The van der Waals surface area contributed by atoms with Gasteiger partial charge in [-0.1, -0.05) is 78.3 Å². The molecule has 5 rings (SSSR count). The molecule has 3 aromatic carbocycles. The van der Waals surface area contributed by atoms with Crippen LogP contribution in [0.1, 0.15) is 5.56 Å². The van der Waals surface area contributed by atoms with E-state index in [0.717, 1.165) is 34.2 Å². The largest absolute Gasteiger partial charge is 0.363 e. The number of imidazole rings is 1. The molecular weight excluding hydrogens is 406 g/mol. The molecule has 6 heteroatoms. The molecule has 0 bridgehead atoms. The summed E-state index contributed by atoms with van der Waals surface area (Å²) < 4.78 is 2.02. The van der Waals surface area contributed by atoms with Crippen LogP contribution in [-0.4, -0.2) is 14.4 Å². The molecule has 0 aliphatic rings. The summed E-state index contributed by atoms with van der Waals surface area (Å²) >= 11 is 6.20. The van der Waals surface area contributed by atoms with Gasteiger partial charge in [-0.15, -0.1) is 0 Å². The third-order valence-electron chi connectivity index (χ3n) is 4.98. The maximum Gasteiger partial charge on any atom is 0.182 e. The molecule has 2 aromatic heterocycles. The molecule has 0 spiro atoms. The quantitative estimate of drug-likeness (QED) is 0.330. The molecule has 0 aliphatic heterocycles. The Labute approximate surface area is 185 Å². The van der Waals surface area contributed by atoms with Crippen molar-refractivity contribution in [1.29, 1.82) is 0 Å². The molecule has 0 unspecified atom stereocenters. The highest BCUT2D eigenvalue weighted by Gasteiger charge is 2.17. The summed E-state index contributed by atoms with van der Waals surface area (Å²) in [5, 5.41) is 7.60. The highest BCUT2D eigenvalue weighted by Crippen LogP contribution is 2.33. The first kappa shape index (κ1) is 19.2. The summed E-state index contributed by atoms with van der Waals surface area (Å²) in [6.07, 6.45) is 3.69. The van der Waals surface area contributed by atoms with E-state index in [0.29, 0.717) is 11.6 Å². The number of fused-ring (bicyclic) bond motifs is 1. The number of hydrogen-bond donors (Lipinski definition) is 2. The van der Waals surface area contributed by atoms with E-state index in [-0.39, 0.29) is 0 Å². The van der Waals surface area contributed by atoms with Crippen LogP contribution in [-0.2, 0) is 6.54 Å². The van der Waals surface area contributed by atoms with Gasteiger partial charge in [0.25, 0.3) is 0 Å². The minimum Gasteiger partial charge on any atom is -0.363 e. The fourth-order valence-electron chi connectivity index (χ4n) is 3.50. The van der Waals surface area contributed by atoms with Crippen molar-refractivity contribution in [1.82, 2.24) is 14.4 Å². The van der Waals surface area contributed by atoms with Crippen molar-refractivity contribution in [3.63, 3.8) is 0 Å². The maximum atomic E-state index is 6.20. The van der Waals surface area contributed by atoms with Gasteiger partial charge in [-0.25, -0.2) is 9.97 Å². The van der Waals surface area contributed by atoms with Gasteiger partial charge in [0.05, 0.1) is 0 Å². The molecule has 0 atom stereocenters. The predicted octanol–water partition coefficient (Wildman–Crippen LogP) is 6.41. The molecular formula is C25H20ClN5. The molecule has 5 aromatic rings. The van der Waals surface area contributed by atoms with Gasteiger partial charge >= 0.3 is 0 Å². The molecule has 0 radical (unpaired) electrons. The molecule has 2 heterocycles. The summed E-state index contributed by atoms with van der Waals surface area (Å²) in [4.78, 5) is 9.50. The van der Waals surface area contributed by atoms with E-state index in [9.17, 15) is 0 Å². The molecule has 0 fully saturated rings. The lowest BCUT2D eigenvalue weighted by molar-refractivity contribution is 1.07. The summed E-state index contributed by atoms with van der Waals surface area (Å²) in [6.45, 7) is 0.665. The first-order chi connectivity index (χ1) is 15.3. The number of benzene rings is 3. The second kappa shape index (κ2) is 8.50. The SMILES string of the molecule is Clc1cccc(Nc2c(-c3ccccc3)nc3c(NCc4ccccc4)nccn23)c1. The Hall–Kier alpha value is -3.83. The number of nitrogens with zero attached hydrogens (tertiary/aromatic N) is 3. The number of aromatic nitrogens is 3. The van der Waals surface area contributed by atoms with Gasteiger partial charge in [-0.2, -0.15) is 0 Å². The Morgan fingerprint density at radius 2 is 1.65 bits per heavy atom. The van der Waals surface area contributed by atoms with Gasteiger partial charge in [0.15, 0.2) is 11.5 Å². The van der Waals surface area contributed by atoms with Crippen molar-refractivity contribution in [3.8, 4) is 11.3 Å². The minimum absolute atomic E-state index is 0.665. The van der Waals surface area contributed by atoms with Crippen molar-refractivity contribution in [3.05, 3.63) is 108 Å². The van der Waals surface area contributed by atoms with Crippen LogP contribution in [0.5, 0.6) is 0 Å². The lowest BCUT2D eigenvalue weighted by atomic mass is 10.1. The number of nitrogens with one attached hydrogen (secondary N) is 2. The second-order valence-electron chi connectivity index (χ2n) is 7.12. The summed E-state index contributed by atoms with van der Waals surface area (Å²) in [6, 6.07) is 28.0. The van der Waals surface area contributed by atoms with Gasteiger partial charge in [-0.3, -0.25) is 4.40 Å². The van der Waals surface area contributed by atoms with Gasteiger partial charge in [-0.05, 0) is 23.8 Å². The topological polar surface area (TPSA) is 54.2 Å². The van der Waals surface area contributed by atoms with Crippen molar-refractivity contribution in [2.75, 3.05) is 10.6 Å². The van der Waals surface area contributed by atoms with E-state index in [2.05, 4.69) is 39.9 Å². The summed E-state index contributed by atoms with van der Waals surface area (Å²) in [7, 11) is 0. The smallest absolute Gasteiger partial charge is 0.182 e. The molecule has 152 valence electrons. The second-order valence-corrected chi connectivity index (χ2v) is 7.56. The minimum atomic E-state index is 0.665. The van der Waals surface area contributed by atoms with Gasteiger partial charge in [0.1, 0.15) is 11.5 Å². The molecule has 0 saturated carbocycles. The monoisotopic (exact) mass is 425 g/mol. The van der Waals surface area contributed by atoms with Crippen LogP contribution in [0.15, 0.2) is 97.3 Å². The van der Waals surface area contributed by atoms with Crippen molar-refractivity contribution in [2.24, 2.45) is 0 Å². The Balaban J connectivity index is 1.59. The average Bonchev–Trinajstić information content (AvgIpc) is 3.18. The zero-order chi connectivity index (χ0) is 21.0. The molecule has 5 nitrogen and oxygen atoms in total. The Morgan fingerprint density at radius 3 is 2.42 bits per heavy atom. The van der Waals surface area contributed by atoms with E-state index in [4.69, 9.17) is 16.6 Å².